The van der Waals surface area contributed by atoms with Gasteiger partial charge >= 0.3 is 0 Å². The predicted octanol–water partition coefficient (Wildman–Crippen LogP) is 5.19. The minimum absolute atomic E-state index is 0.0616. The molecule has 0 radical (unpaired) electrons. The van der Waals surface area contributed by atoms with Crippen LogP contribution < -0.4 is 5.32 Å². The summed E-state index contributed by atoms with van der Waals surface area (Å²) in [4.78, 5) is 13.1. The van der Waals surface area contributed by atoms with Crippen molar-refractivity contribution in [3.8, 4) is 0 Å². The van der Waals surface area contributed by atoms with E-state index in [4.69, 9.17) is 0 Å². The lowest BCUT2D eigenvalue weighted by molar-refractivity contribution is -0.115. The van der Waals surface area contributed by atoms with Crippen LogP contribution in [0.15, 0.2) is 51.8 Å². The third kappa shape index (κ3) is 5.21. The second-order valence-electron chi connectivity index (χ2n) is 4.92. The van der Waals surface area contributed by atoms with E-state index in [-0.39, 0.29) is 5.91 Å². The minimum Gasteiger partial charge on any atom is -0.326 e. The molecule has 2 nitrogen and oxygen atoms in total. The van der Waals surface area contributed by atoms with Crippen molar-refractivity contribution in [1.29, 1.82) is 0 Å². The third-order valence-electron chi connectivity index (χ3n) is 3.07. The van der Waals surface area contributed by atoms with Gasteiger partial charge in [-0.25, -0.2) is 0 Å². The van der Waals surface area contributed by atoms with Crippen LogP contribution in [-0.4, -0.2) is 11.7 Å². The maximum atomic E-state index is 12.0. The lowest BCUT2D eigenvalue weighted by Crippen LogP contribution is -2.13. The Balaban J connectivity index is 1.81. The smallest absolute Gasteiger partial charge is 0.225 e. The summed E-state index contributed by atoms with van der Waals surface area (Å²) in [6.07, 6.45) is 0.508. The van der Waals surface area contributed by atoms with Gasteiger partial charge in [-0.1, -0.05) is 33.6 Å². The molecule has 0 unspecified atom stereocenters. The zero-order valence-corrected chi connectivity index (χ0v) is 14.6. The van der Waals surface area contributed by atoms with Gasteiger partial charge in [-0.3, -0.25) is 4.79 Å². The first-order valence-corrected chi connectivity index (χ1v) is 8.58. The van der Waals surface area contributed by atoms with Crippen LogP contribution in [0.4, 0.5) is 5.69 Å². The normalized spacial score (nSPS) is 10.4. The maximum Gasteiger partial charge on any atom is 0.225 e. The van der Waals surface area contributed by atoms with E-state index in [0.29, 0.717) is 6.42 Å². The van der Waals surface area contributed by atoms with Crippen LogP contribution >= 0.6 is 27.7 Å². The van der Waals surface area contributed by atoms with Gasteiger partial charge in [0.1, 0.15) is 0 Å². The first-order chi connectivity index (χ1) is 10.0. The lowest BCUT2D eigenvalue weighted by atomic mass is 10.1. The van der Waals surface area contributed by atoms with Crippen molar-refractivity contribution >= 4 is 39.3 Å². The molecule has 0 saturated carbocycles. The number of nitrogens with one attached hydrogen (secondary N) is 1. The summed E-state index contributed by atoms with van der Waals surface area (Å²) in [6, 6.07) is 14.2. The van der Waals surface area contributed by atoms with Crippen molar-refractivity contribution < 1.29 is 4.79 Å². The highest BCUT2D eigenvalue weighted by molar-refractivity contribution is 9.10. The summed E-state index contributed by atoms with van der Waals surface area (Å²) in [5, 5.41) is 2.97. The average Bonchev–Trinajstić information content (AvgIpc) is 2.44. The summed E-state index contributed by atoms with van der Waals surface area (Å²) in [5.41, 5.74) is 3.21. The summed E-state index contributed by atoms with van der Waals surface area (Å²) >= 11 is 5.11. The van der Waals surface area contributed by atoms with Crippen LogP contribution in [0.25, 0.3) is 0 Å². The molecule has 0 fully saturated rings. The van der Waals surface area contributed by atoms with Crippen molar-refractivity contribution in [2.45, 2.75) is 25.2 Å². The van der Waals surface area contributed by atoms with Crippen molar-refractivity contribution in [2.75, 3.05) is 11.1 Å². The molecule has 0 heterocycles. The van der Waals surface area contributed by atoms with Gasteiger partial charge < -0.3 is 5.32 Å². The molecule has 21 heavy (non-hydrogen) atoms. The number of amides is 1. The fourth-order valence-electron chi connectivity index (χ4n) is 1.96. The van der Waals surface area contributed by atoms with E-state index in [1.807, 2.05) is 38.1 Å². The first kappa shape index (κ1) is 16.1. The monoisotopic (exact) mass is 363 g/mol. The molecule has 2 rings (SSSR count). The quantitative estimate of drug-likeness (QED) is 0.740. The van der Waals surface area contributed by atoms with E-state index in [1.165, 1.54) is 10.5 Å². The zero-order valence-electron chi connectivity index (χ0n) is 12.2. The average molecular weight is 364 g/mol. The highest BCUT2D eigenvalue weighted by atomic mass is 79.9. The van der Waals surface area contributed by atoms with Crippen LogP contribution in [0, 0.1) is 13.8 Å². The fraction of sp³-hybridized carbons (Fsp3) is 0.235. The number of benzene rings is 2. The number of hydrogen-bond donors (Lipinski definition) is 1. The zero-order chi connectivity index (χ0) is 15.2. The Morgan fingerprint density at radius 3 is 2.52 bits per heavy atom. The molecule has 2 aromatic carbocycles. The van der Waals surface area contributed by atoms with Gasteiger partial charge in [-0.05, 0) is 49.7 Å². The standard InChI is InChI=1S/C17H18BrNOS/c1-12-3-8-16(13(2)11-12)19-17(20)9-10-21-15-6-4-14(18)5-7-15/h3-8,11H,9-10H2,1-2H3,(H,19,20). The van der Waals surface area contributed by atoms with Crippen LogP contribution in [0.2, 0.25) is 0 Å². The van der Waals surface area contributed by atoms with Crippen molar-refractivity contribution in [3.05, 3.63) is 58.1 Å². The molecule has 0 spiro atoms. The lowest BCUT2D eigenvalue weighted by Gasteiger charge is -2.09. The second-order valence-corrected chi connectivity index (χ2v) is 7.00. The van der Waals surface area contributed by atoms with E-state index in [9.17, 15) is 4.79 Å². The molecule has 0 saturated heterocycles. The highest BCUT2D eigenvalue weighted by Crippen LogP contribution is 2.22. The van der Waals surface area contributed by atoms with Gasteiger partial charge in [0.15, 0.2) is 0 Å². The Morgan fingerprint density at radius 2 is 1.86 bits per heavy atom. The van der Waals surface area contributed by atoms with Crippen LogP contribution in [0.3, 0.4) is 0 Å². The maximum absolute atomic E-state index is 12.0. The Kier molecular flexibility index (Phi) is 5.88. The summed E-state index contributed by atoms with van der Waals surface area (Å²) in [5.74, 6) is 0.838. The largest absolute Gasteiger partial charge is 0.326 e. The van der Waals surface area contributed by atoms with Gasteiger partial charge in [0, 0.05) is 27.2 Å². The summed E-state index contributed by atoms with van der Waals surface area (Å²) in [7, 11) is 0. The van der Waals surface area contributed by atoms with Gasteiger partial charge in [-0.2, -0.15) is 0 Å². The van der Waals surface area contributed by atoms with Crippen molar-refractivity contribution in [2.24, 2.45) is 0 Å². The summed E-state index contributed by atoms with van der Waals surface area (Å²) in [6.45, 7) is 4.06. The molecule has 0 aliphatic carbocycles. The van der Waals surface area contributed by atoms with Gasteiger partial charge in [0.05, 0.1) is 0 Å². The number of hydrogen-bond acceptors (Lipinski definition) is 2. The molecule has 110 valence electrons. The molecule has 2 aromatic rings. The van der Waals surface area contributed by atoms with E-state index >= 15 is 0 Å². The Labute approximate surface area is 138 Å². The number of carbonyl (C=O) groups excluding carboxylic acids is 1. The van der Waals surface area contributed by atoms with Gasteiger partial charge in [0.25, 0.3) is 0 Å². The van der Waals surface area contributed by atoms with Gasteiger partial charge in [-0.15, -0.1) is 11.8 Å². The predicted molar refractivity (Wildman–Crippen MR) is 94.0 cm³/mol. The number of aryl methyl sites for hydroxylation is 2. The molecule has 0 aliphatic heterocycles. The molecule has 4 heteroatoms. The molecule has 0 atom stereocenters. The Bertz CT molecular complexity index is 625. The molecular formula is C17H18BrNOS. The Morgan fingerprint density at radius 1 is 1.14 bits per heavy atom. The highest BCUT2D eigenvalue weighted by Gasteiger charge is 2.05. The topological polar surface area (TPSA) is 29.1 Å². The summed E-state index contributed by atoms with van der Waals surface area (Å²) < 4.78 is 1.07. The number of thioether (sulfide) groups is 1. The molecule has 0 aromatic heterocycles. The van der Waals surface area contributed by atoms with Crippen molar-refractivity contribution in [1.82, 2.24) is 0 Å². The number of carbonyl (C=O) groups is 1. The third-order valence-corrected chi connectivity index (χ3v) is 4.61. The van der Waals surface area contributed by atoms with Crippen LogP contribution in [0.1, 0.15) is 17.5 Å². The SMILES string of the molecule is Cc1ccc(NC(=O)CCSc2ccc(Br)cc2)c(C)c1. The van der Waals surface area contributed by atoms with Crippen LogP contribution in [-0.2, 0) is 4.79 Å². The molecule has 1 N–H and O–H groups in total. The minimum atomic E-state index is 0.0616. The van der Waals surface area contributed by atoms with Crippen LogP contribution in [0.5, 0.6) is 0 Å². The fourth-order valence-corrected chi connectivity index (χ4v) is 3.07. The Hall–Kier alpha value is -1.26. The number of anilines is 1. The second kappa shape index (κ2) is 7.66. The van der Waals surface area contributed by atoms with Crippen molar-refractivity contribution in [3.63, 3.8) is 0 Å². The number of rotatable bonds is 5. The van der Waals surface area contributed by atoms with E-state index in [1.54, 1.807) is 11.8 Å². The van der Waals surface area contributed by atoms with Gasteiger partial charge in [0.2, 0.25) is 5.91 Å². The molecule has 0 bridgehead atoms. The van der Waals surface area contributed by atoms with E-state index in [0.717, 1.165) is 21.5 Å². The molecule has 1 amide bonds. The molecule has 0 aliphatic rings. The first-order valence-electron chi connectivity index (χ1n) is 6.80. The van der Waals surface area contributed by atoms with E-state index < -0.39 is 0 Å². The molecular weight excluding hydrogens is 346 g/mol. The number of halogens is 1. The van der Waals surface area contributed by atoms with E-state index in [2.05, 4.69) is 39.4 Å².